The average molecular weight is 418 g/mol. The summed E-state index contributed by atoms with van der Waals surface area (Å²) in [5, 5.41) is 1.51. The Morgan fingerprint density at radius 2 is 2.00 bits per heavy atom. The number of benzene rings is 1. The molecule has 70 valence electrons. The molecule has 1 aromatic rings. The number of rotatable bonds is 3. The molecule has 0 N–H and O–H groups in total. The highest BCUT2D eigenvalue weighted by atomic mass is 127. The van der Waals surface area contributed by atoms with E-state index in [9.17, 15) is 4.79 Å². The third-order valence-electron chi connectivity index (χ3n) is 1.68. The van der Waals surface area contributed by atoms with Crippen LogP contribution in [-0.2, 0) is 10.7 Å². The van der Waals surface area contributed by atoms with E-state index in [1.807, 2.05) is 40.8 Å². The fourth-order valence-electron chi connectivity index (χ4n) is 1.01. The summed E-state index contributed by atoms with van der Waals surface area (Å²) in [4.78, 5) is 11.2. The molecule has 0 amide bonds. The summed E-state index contributed by atoms with van der Waals surface area (Å²) in [6.45, 7) is 0. The van der Waals surface area contributed by atoms with E-state index in [1.165, 1.54) is 0 Å². The molecule has 4 heteroatoms. The fourth-order valence-corrected chi connectivity index (χ4v) is 2.35. The smallest absolute Gasteiger partial charge is 0.222 e. The molecular formula is C9H7Br2IO. The second-order valence-electron chi connectivity index (χ2n) is 2.53. The van der Waals surface area contributed by atoms with Crippen LogP contribution in [0.15, 0.2) is 18.2 Å². The van der Waals surface area contributed by atoms with Gasteiger partial charge in [-0.15, -0.1) is 0 Å². The molecule has 1 rings (SSSR count). The van der Waals surface area contributed by atoms with Crippen LogP contribution in [0.4, 0.5) is 0 Å². The lowest BCUT2D eigenvalue weighted by atomic mass is 10.1. The summed E-state index contributed by atoms with van der Waals surface area (Å²) in [5.74, 6) is 0. The van der Waals surface area contributed by atoms with Gasteiger partial charge in [0.2, 0.25) is 3.79 Å². The molecule has 13 heavy (non-hydrogen) atoms. The van der Waals surface area contributed by atoms with Crippen molar-refractivity contribution < 1.29 is 4.79 Å². The van der Waals surface area contributed by atoms with Crippen LogP contribution in [0, 0.1) is 0 Å². The van der Waals surface area contributed by atoms with Crippen molar-refractivity contribution in [2.45, 2.75) is 10.7 Å². The SMILES string of the molecule is O=C(I)c1cc(CBr)ccc1CBr. The van der Waals surface area contributed by atoms with Crippen LogP contribution in [-0.4, -0.2) is 3.79 Å². The molecule has 0 bridgehead atoms. The van der Waals surface area contributed by atoms with E-state index in [0.717, 1.165) is 27.4 Å². The Hall–Kier alpha value is 0.580. The van der Waals surface area contributed by atoms with Crippen LogP contribution in [0.3, 0.4) is 0 Å². The van der Waals surface area contributed by atoms with Gasteiger partial charge in [0, 0.05) is 38.8 Å². The summed E-state index contributed by atoms with van der Waals surface area (Å²) in [6, 6.07) is 5.94. The van der Waals surface area contributed by atoms with E-state index in [1.54, 1.807) is 0 Å². The molecule has 0 saturated carbocycles. The molecule has 0 unspecified atom stereocenters. The fraction of sp³-hybridized carbons (Fsp3) is 0.222. The molecule has 0 aliphatic rings. The number of halogens is 3. The van der Waals surface area contributed by atoms with Gasteiger partial charge in [-0.25, -0.2) is 0 Å². The summed E-state index contributed by atoms with van der Waals surface area (Å²) >= 11 is 8.53. The summed E-state index contributed by atoms with van der Waals surface area (Å²) in [5.41, 5.74) is 2.98. The molecule has 0 saturated heterocycles. The number of carbonyl (C=O) groups is 1. The minimum atomic E-state index is 0.0925. The van der Waals surface area contributed by atoms with Crippen molar-refractivity contribution in [1.29, 1.82) is 0 Å². The molecule has 0 atom stereocenters. The van der Waals surface area contributed by atoms with Crippen molar-refractivity contribution in [2.75, 3.05) is 0 Å². The quantitative estimate of drug-likeness (QED) is 0.412. The highest BCUT2D eigenvalue weighted by Crippen LogP contribution is 2.19. The lowest BCUT2D eigenvalue weighted by Crippen LogP contribution is -1.96. The number of alkyl halides is 2. The van der Waals surface area contributed by atoms with Crippen molar-refractivity contribution in [3.05, 3.63) is 34.9 Å². The lowest BCUT2D eigenvalue weighted by Gasteiger charge is -2.04. The van der Waals surface area contributed by atoms with Gasteiger partial charge in [0.25, 0.3) is 0 Å². The van der Waals surface area contributed by atoms with Crippen molar-refractivity contribution in [1.82, 2.24) is 0 Å². The Morgan fingerprint density at radius 1 is 1.31 bits per heavy atom. The molecule has 0 heterocycles. The van der Waals surface area contributed by atoms with E-state index in [0.29, 0.717) is 0 Å². The topological polar surface area (TPSA) is 17.1 Å². The molecule has 0 spiro atoms. The summed E-state index contributed by atoms with van der Waals surface area (Å²) in [7, 11) is 0. The second-order valence-corrected chi connectivity index (χ2v) is 4.63. The number of hydrogen-bond acceptors (Lipinski definition) is 1. The van der Waals surface area contributed by atoms with E-state index in [-0.39, 0.29) is 3.79 Å². The maximum atomic E-state index is 11.2. The Morgan fingerprint density at radius 3 is 2.46 bits per heavy atom. The van der Waals surface area contributed by atoms with Crippen molar-refractivity contribution in [2.24, 2.45) is 0 Å². The zero-order valence-corrected chi connectivity index (χ0v) is 12.0. The first kappa shape index (κ1) is 11.7. The molecule has 0 aliphatic carbocycles. The van der Waals surface area contributed by atoms with Gasteiger partial charge < -0.3 is 0 Å². The van der Waals surface area contributed by atoms with Crippen molar-refractivity contribution in [3.63, 3.8) is 0 Å². The number of carbonyl (C=O) groups excluding carboxylic acids is 1. The third kappa shape index (κ3) is 3.02. The molecule has 1 nitrogen and oxygen atoms in total. The van der Waals surface area contributed by atoms with Gasteiger partial charge in [-0.3, -0.25) is 4.79 Å². The van der Waals surface area contributed by atoms with Crippen LogP contribution in [0.25, 0.3) is 0 Å². The van der Waals surface area contributed by atoms with Crippen LogP contribution in [0.2, 0.25) is 0 Å². The molecule has 0 aliphatic heterocycles. The van der Waals surface area contributed by atoms with Gasteiger partial charge in [0.1, 0.15) is 0 Å². The maximum absolute atomic E-state index is 11.2. The Balaban J connectivity index is 3.18. The highest BCUT2D eigenvalue weighted by molar-refractivity contribution is 14.1. The normalized spacial score (nSPS) is 10.1. The van der Waals surface area contributed by atoms with Crippen LogP contribution in [0.5, 0.6) is 0 Å². The first-order valence-electron chi connectivity index (χ1n) is 3.62. The van der Waals surface area contributed by atoms with E-state index in [4.69, 9.17) is 0 Å². The highest BCUT2D eigenvalue weighted by Gasteiger charge is 2.07. The maximum Gasteiger partial charge on any atom is 0.222 e. The third-order valence-corrected chi connectivity index (χ3v) is 3.52. The van der Waals surface area contributed by atoms with Crippen LogP contribution >= 0.6 is 54.5 Å². The zero-order chi connectivity index (χ0) is 9.84. The van der Waals surface area contributed by atoms with Gasteiger partial charge in [0.15, 0.2) is 0 Å². The predicted octanol–water partition coefficient (Wildman–Crippen LogP) is 4.05. The van der Waals surface area contributed by atoms with Crippen LogP contribution in [0.1, 0.15) is 21.5 Å². The van der Waals surface area contributed by atoms with Crippen LogP contribution < -0.4 is 0 Å². The largest absolute Gasteiger partial charge is 0.282 e. The van der Waals surface area contributed by atoms with Gasteiger partial charge in [-0.2, -0.15) is 0 Å². The van der Waals surface area contributed by atoms with E-state index in [2.05, 4.69) is 31.9 Å². The summed E-state index contributed by atoms with van der Waals surface area (Å²) < 4.78 is 0.0925. The minimum absolute atomic E-state index is 0.0925. The first-order valence-corrected chi connectivity index (χ1v) is 6.94. The predicted molar refractivity (Wildman–Crippen MR) is 70.1 cm³/mol. The van der Waals surface area contributed by atoms with Crippen molar-refractivity contribution in [3.8, 4) is 0 Å². The first-order chi connectivity index (χ1) is 6.19. The minimum Gasteiger partial charge on any atom is -0.282 e. The van der Waals surface area contributed by atoms with Gasteiger partial charge >= 0.3 is 0 Å². The monoisotopic (exact) mass is 416 g/mol. The van der Waals surface area contributed by atoms with E-state index < -0.39 is 0 Å². The number of hydrogen-bond donors (Lipinski definition) is 0. The average Bonchev–Trinajstić information content (AvgIpc) is 2.16. The Kier molecular flexibility index (Phi) is 4.89. The van der Waals surface area contributed by atoms with Crippen molar-refractivity contribution >= 4 is 58.2 Å². The standard InChI is InChI=1S/C9H7Br2IO/c10-4-6-1-2-7(5-11)8(3-6)9(12)13/h1-3H,4-5H2. The molecular weight excluding hydrogens is 411 g/mol. The molecule has 0 aromatic heterocycles. The van der Waals surface area contributed by atoms with Gasteiger partial charge in [-0.1, -0.05) is 44.0 Å². The van der Waals surface area contributed by atoms with Gasteiger partial charge in [0.05, 0.1) is 0 Å². The Labute approximate surface area is 108 Å². The van der Waals surface area contributed by atoms with Gasteiger partial charge in [-0.05, 0) is 17.2 Å². The lowest BCUT2D eigenvalue weighted by molar-refractivity contribution is 0.110. The zero-order valence-electron chi connectivity index (χ0n) is 6.69. The molecule has 0 fully saturated rings. The second kappa shape index (κ2) is 5.46. The molecule has 0 radical (unpaired) electrons. The van der Waals surface area contributed by atoms with E-state index >= 15 is 0 Å². The Bertz CT molecular complexity index is 325. The summed E-state index contributed by atoms with van der Waals surface area (Å²) in [6.07, 6.45) is 0. The molecule has 1 aromatic carbocycles.